The molecule has 5 nitrogen and oxygen atoms in total. The second kappa shape index (κ2) is 9.26. The lowest BCUT2D eigenvalue weighted by Crippen LogP contribution is -2.35. The number of hydrogen-bond donors (Lipinski definition) is 1. The van der Waals surface area contributed by atoms with E-state index in [1.165, 1.54) is 29.0 Å². The third-order valence-corrected chi connectivity index (χ3v) is 5.63. The summed E-state index contributed by atoms with van der Waals surface area (Å²) in [5.41, 5.74) is 3.45. The molecule has 1 fully saturated rings. The Hall–Kier alpha value is -2.61. The van der Waals surface area contributed by atoms with Gasteiger partial charge >= 0.3 is 0 Å². The fraction of sp³-hybridized carbons (Fsp3) is 0.273. The van der Waals surface area contributed by atoms with Crippen molar-refractivity contribution in [1.82, 2.24) is 9.88 Å². The highest BCUT2D eigenvalue weighted by Gasteiger charge is 2.13. The maximum Gasteiger partial charge on any atom is 0.230 e. The average molecular weight is 412 g/mol. The topological polar surface area (TPSA) is 54.5 Å². The molecule has 1 amide bonds. The van der Waals surface area contributed by atoms with Crippen molar-refractivity contribution in [2.75, 3.05) is 31.6 Å². The summed E-state index contributed by atoms with van der Waals surface area (Å²) in [4.78, 5) is 19.2. The minimum Gasteiger partial charge on any atom is -0.379 e. The van der Waals surface area contributed by atoms with Crippen molar-refractivity contribution in [3.05, 3.63) is 71.0 Å². The zero-order valence-electron chi connectivity index (χ0n) is 15.9. The van der Waals surface area contributed by atoms with E-state index in [1.54, 1.807) is 12.1 Å². The molecule has 0 spiro atoms. The molecule has 2 heterocycles. The van der Waals surface area contributed by atoms with Gasteiger partial charge in [0.2, 0.25) is 5.91 Å². The third kappa shape index (κ3) is 5.47. The average Bonchev–Trinajstić information content (AvgIpc) is 3.17. The predicted octanol–water partition coefficient (Wildman–Crippen LogP) is 3.96. The lowest BCUT2D eigenvalue weighted by molar-refractivity contribution is -0.115. The van der Waals surface area contributed by atoms with Crippen molar-refractivity contribution in [2.24, 2.45) is 0 Å². The Morgan fingerprint density at radius 1 is 1.17 bits per heavy atom. The Morgan fingerprint density at radius 2 is 2.00 bits per heavy atom. The smallest absolute Gasteiger partial charge is 0.230 e. The molecule has 1 aliphatic heterocycles. The lowest BCUT2D eigenvalue weighted by atomic mass is 10.1. The molecule has 0 atom stereocenters. The van der Waals surface area contributed by atoms with Crippen LogP contribution in [0.25, 0.3) is 10.6 Å². The number of carbonyl (C=O) groups excluding carboxylic acids is 1. The van der Waals surface area contributed by atoms with E-state index in [0.717, 1.165) is 43.4 Å². The van der Waals surface area contributed by atoms with Crippen LogP contribution in [-0.4, -0.2) is 42.1 Å². The minimum atomic E-state index is -0.379. The first-order valence-corrected chi connectivity index (χ1v) is 10.4. The molecule has 150 valence electrons. The van der Waals surface area contributed by atoms with Gasteiger partial charge in [0.25, 0.3) is 0 Å². The van der Waals surface area contributed by atoms with Crippen LogP contribution in [-0.2, 0) is 22.5 Å². The van der Waals surface area contributed by atoms with Gasteiger partial charge < -0.3 is 10.1 Å². The first kappa shape index (κ1) is 19.7. The van der Waals surface area contributed by atoms with E-state index in [-0.39, 0.29) is 18.1 Å². The molecular weight excluding hydrogens is 389 g/mol. The number of ether oxygens (including phenoxy) is 1. The number of nitrogens with one attached hydrogen (secondary N) is 1. The number of anilines is 1. The maximum absolute atomic E-state index is 13.2. The van der Waals surface area contributed by atoms with Gasteiger partial charge in [-0.3, -0.25) is 9.69 Å². The van der Waals surface area contributed by atoms with E-state index in [4.69, 9.17) is 4.74 Å². The van der Waals surface area contributed by atoms with Crippen LogP contribution in [0.15, 0.2) is 53.9 Å². The summed E-state index contributed by atoms with van der Waals surface area (Å²) in [5, 5.41) is 5.49. The Labute approximate surface area is 173 Å². The standard InChI is InChI=1S/C22H22FN3O2S/c23-18-5-2-6-19(12-18)24-21(27)13-20-15-29-22(25-20)17-4-1-3-16(11-17)14-26-7-9-28-10-8-26/h1-6,11-12,15H,7-10,13-14H2,(H,24,27). The van der Waals surface area contributed by atoms with Gasteiger partial charge in [-0.2, -0.15) is 0 Å². The molecular formula is C22H22FN3O2S. The van der Waals surface area contributed by atoms with Crippen LogP contribution in [0.2, 0.25) is 0 Å². The molecule has 0 aliphatic carbocycles. The van der Waals surface area contributed by atoms with Crippen LogP contribution >= 0.6 is 11.3 Å². The quantitative estimate of drug-likeness (QED) is 0.667. The number of carbonyl (C=O) groups is 1. The molecule has 1 N–H and O–H groups in total. The number of benzene rings is 2. The Balaban J connectivity index is 1.39. The first-order valence-electron chi connectivity index (χ1n) is 9.55. The Morgan fingerprint density at radius 3 is 2.83 bits per heavy atom. The summed E-state index contributed by atoms with van der Waals surface area (Å²) in [6, 6.07) is 14.2. The van der Waals surface area contributed by atoms with Gasteiger partial charge in [-0.15, -0.1) is 11.3 Å². The highest BCUT2D eigenvalue weighted by Crippen LogP contribution is 2.25. The van der Waals surface area contributed by atoms with Gasteiger partial charge in [-0.05, 0) is 29.8 Å². The second-order valence-corrected chi connectivity index (χ2v) is 7.83. The lowest BCUT2D eigenvalue weighted by Gasteiger charge is -2.26. The highest BCUT2D eigenvalue weighted by atomic mass is 32.1. The maximum atomic E-state index is 13.2. The molecule has 0 saturated carbocycles. The fourth-order valence-electron chi connectivity index (χ4n) is 3.28. The number of halogens is 1. The van der Waals surface area contributed by atoms with E-state index in [0.29, 0.717) is 11.4 Å². The molecule has 7 heteroatoms. The van der Waals surface area contributed by atoms with Crippen molar-refractivity contribution in [1.29, 1.82) is 0 Å². The van der Waals surface area contributed by atoms with E-state index >= 15 is 0 Å². The largest absolute Gasteiger partial charge is 0.379 e. The van der Waals surface area contributed by atoms with Gasteiger partial charge in [0.15, 0.2) is 0 Å². The SMILES string of the molecule is O=C(Cc1csc(-c2cccc(CN3CCOCC3)c2)n1)Nc1cccc(F)c1. The predicted molar refractivity (Wildman–Crippen MR) is 112 cm³/mol. The number of hydrogen-bond acceptors (Lipinski definition) is 5. The zero-order valence-corrected chi connectivity index (χ0v) is 16.8. The van der Waals surface area contributed by atoms with Crippen molar-refractivity contribution < 1.29 is 13.9 Å². The van der Waals surface area contributed by atoms with E-state index < -0.39 is 0 Å². The molecule has 4 rings (SSSR count). The van der Waals surface area contributed by atoms with Crippen molar-refractivity contribution in [3.63, 3.8) is 0 Å². The van der Waals surface area contributed by atoms with Gasteiger partial charge in [0, 0.05) is 36.3 Å². The van der Waals surface area contributed by atoms with E-state index in [9.17, 15) is 9.18 Å². The number of amides is 1. The van der Waals surface area contributed by atoms with Crippen LogP contribution in [0, 0.1) is 5.82 Å². The molecule has 1 saturated heterocycles. The number of morpholine rings is 1. The van der Waals surface area contributed by atoms with Crippen LogP contribution in [0.4, 0.5) is 10.1 Å². The molecule has 29 heavy (non-hydrogen) atoms. The summed E-state index contributed by atoms with van der Waals surface area (Å²) >= 11 is 1.52. The number of rotatable bonds is 6. The van der Waals surface area contributed by atoms with Gasteiger partial charge in [-0.1, -0.05) is 24.3 Å². The van der Waals surface area contributed by atoms with Gasteiger partial charge in [0.1, 0.15) is 10.8 Å². The van der Waals surface area contributed by atoms with E-state index in [1.807, 2.05) is 17.5 Å². The van der Waals surface area contributed by atoms with Crippen LogP contribution < -0.4 is 5.32 Å². The highest BCUT2D eigenvalue weighted by molar-refractivity contribution is 7.13. The summed E-state index contributed by atoms with van der Waals surface area (Å²) in [6.45, 7) is 4.37. The van der Waals surface area contributed by atoms with Crippen LogP contribution in [0.1, 0.15) is 11.3 Å². The summed E-state index contributed by atoms with van der Waals surface area (Å²) in [7, 11) is 0. The normalized spacial score (nSPS) is 14.7. The molecule has 0 bridgehead atoms. The minimum absolute atomic E-state index is 0.153. The van der Waals surface area contributed by atoms with E-state index in [2.05, 4.69) is 27.3 Å². The van der Waals surface area contributed by atoms with Crippen molar-refractivity contribution in [3.8, 4) is 10.6 Å². The third-order valence-electron chi connectivity index (χ3n) is 4.69. The molecule has 2 aromatic carbocycles. The second-order valence-electron chi connectivity index (χ2n) is 6.97. The number of nitrogens with zero attached hydrogens (tertiary/aromatic N) is 2. The molecule has 0 radical (unpaired) electrons. The fourth-order valence-corrected chi connectivity index (χ4v) is 4.09. The number of thiazole rings is 1. The summed E-state index contributed by atoms with van der Waals surface area (Å²) in [6.07, 6.45) is 0.153. The van der Waals surface area contributed by atoms with Crippen molar-refractivity contribution >= 4 is 22.9 Å². The first-order chi connectivity index (χ1) is 14.2. The Kier molecular flexibility index (Phi) is 6.29. The molecule has 1 aromatic heterocycles. The van der Waals surface area contributed by atoms with Crippen LogP contribution in [0.3, 0.4) is 0 Å². The summed E-state index contributed by atoms with van der Waals surface area (Å²) < 4.78 is 18.7. The molecule has 0 unspecified atom stereocenters. The number of aromatic nitrogens is 1. The van der Waals surface area contributed by atoms with Crippen LogP contribution in [0.5, 0.6) is 0 Å². The zero-order chi connectivity index (χ0) is 20.1. The molecule has 3 aromatic rings. The summed E-state index contributed by atoms with van der Waals surface area (Å²) in [5.74, 6) is -0.593. The Bertz CT molecular complexity index is 985. The van der Waals surface area contributed by atoms with Gasteiger partial charge in [-0.25, -0.2) is 9.37 Å². The van der Waals surface area contributed by atoms with Gasteiger partial charge in [0.05, 0.1) is 25.3 Å². The van der Waals surface area contributed by atoms with Crippen molar-refractivity contribution in [2.45, 2.75) is 13.0 Å². The molecule has 1 aliphatic rings. The monoisotopic (exact) mass is 411 g/mol.